The average molecular weight is 376 g/mol. The molecule has 1 amide bonds. The Morgan fingerprint density at radius 3 is 2.64 bits per heavy atom. The average Bonchev–Trinajstić information content (AvgIpc) is 3.31. The molecule has 0 N–H and O–H groups in total. The fraction of sp³-hybridized carbons (Fsp3) is 0.526. The zero-order valence-electron chi connectivity index (χ0n) is 14.5. The van der Waals surface area contributed by atoms with Crippen LogP contribution in [-0.2, 0) is 24.3 Å². The van der Waals surface area contributed by atoms with E-state index in [9.17, 15) is 4.79 Å². The van der Waals surface area contributed by atoms with Crippen LogP contribution in [0, 0.1) is 0 Å². The van der Waals surface area contributed by atoms with Crippen molar-refractivity contribution in [3.8, 4) is 0 Å². The second-order valence-corrected chi connectivity index (χ2v) is 8.91. The van der Waals surface area contributed by atoms with E-state index in [1.165, 1.54) is 15.3 Å². The number of carbonyl (C=O) groups is 1. The topological polar surface area (TPSA) is 26.8 Å². The van der Waals surface area contributed by atoms with Gasteiger partial charge in [-0.2, -0.15) is 0 Å². The highest BCUT2D eigenvalue weighted by Crippen LogP contribution is 2.24. The van der Waals surface area contributed by atoms with Crippen molar-refractivity contribution < 1.29 is 4.79 Å². The van der Waals surface area contributed by atoms with Gasteiger partial charge >= 0.3 is 0 Å². The van der Waals surface area contributed by atoms with Crippen molar-refractivity contribution >= 4 is 28.6 Å². The first kappa shape index (κ1) is 17.2. The molecule has 134 valence electrons. The Kier molecular flexibility index (Phi) is 5.51. The van der Waals surface area contributed by atoms with Crippen LogP contribution in [0.3, 0.4) is 0 Å². The SMILES string of the molecule is O=C(CCN1CCN(Cc2cccs2)CC1)N1CCc2sccc2C1. The minimum atomic E-state index is 0.317. The molecule has 25 heavy (non-hydrogen) atoms. The molecule has 4 heterocycles. The lowest BCUT2D eigenvalue weighted by Gasteiger charge is -2.35. The van der Waals surface area contributed by atoms with Gasteiger partial charge in [0, 0.05) is 68.5 Å². The number of amides is 1. The van der Waals surface area contributed by atoms with E-state index in [0.717, 1.165) is 58.8 Å². The summed E-state index contributed by atoms with van der Waals surface area (Å²) in [5.41, 5.74) is 1.35. The highest BCUT2D eigenvalue weighted by atomic mass is 32.1. The van der Waals surface area contributed by atoms with Crippen LogP contribution in [-0.4, -0.2) is 59.9 Å². The van der Waals surface area contributed by atoms with Gasteiger partial charge in [-0.3, -0.25) is 9.69 Å². The van der Waals surface area contributed by atoms with Crippen molar-refractivity contribution in [2.45, 2.75) is 25.9 Å². The first-order valence-corrected chi connectivity index (χ1v) is 10.8. The third-order valence-corrected chi connectivity index (χ3v) is 7.11. The highest BCUT2D eigenvalue weighted by Gasteiger charge is 2.23. The minimum Gasteiger partial charge on any atom is -0.338 e. The van der Waals surface area contributed by atoms with Gasteiger partial charge in [-0.25, -0.2) is 0 Å². The number of piperazine rings is 1. The molecule has 1 fully saturated rings. The number of rotatable bonds is 5. The predicted octanol–water partition coefficient (Wildman–Crippen LogP) is 2.90. The van der Waals surface area contributed by atoms with E-state index < -0.39 is 0 Å². The summed E-state index contributed by atoms with van der Waals surface area (Å²) in [4.78, 5) is 22.5. The Hall–Kier alpha value is -1.21. The van der Waals surface area contributed by atoms with Gasteiger partial charge < -0.3 is 9.80 Å². The first-order valence-electron chi connectivity index (χ1n) is 9.08. The second-order valence-electron chi connectivity index (χ2n) is 6.88. The van der Waals surface area contributed by atoms with E-state index in [4.69, 9.17) is 0 Å². The number of carbonyl (C=O) groups excluding carboxylic acids is 1. The molecular weight excluding hydrogens is 350 g/mol. The van der Waals surface area contributed by atoms with Crippen LogP contribution in [0.5, 0.6) is 0 Å². The molecule has 0 spiro atoms. The maximum absolute atomic E-state index is 12.5. The first-order chi connectivity index (χ1) is 12.3. The van der Waals surface area contributed by atoms with E-state index >= 15 is 0 Å². The number of nitrogens with zero attached hydrogens (tertiary/aromatic N) is 3. The number of hydrogen-bond donors (Lipinski definition) is 0. The summed E-state index contributed by atoms with van der Waals surface area (Å²) in [6, 6.07) is 6.51. The Balaban J connectivity index is 1.19. The standard InChI is InChI=1S/C19H25N3OS2/c23-19(22-7-3-18-16(14-22)5-13-25-18)4-6-20-8-10-21(11-9-20)15-17-2-1-12-24-17/h1-2,5,12-13H,3-4,6-11,14-15H2. The monoisotopic (exact) mass is 375 g/mol. The quantitative estimate of drug-likeness (QED) is 0.804. The molecule has 0 unspecified atom stereocenters. The molecule has 0 radical (unpaired) electrons. The lowest BCUT2D eigenvalue weighted by atomic mass is 10.1. The van der Waals surface area contributed by atoms with Crippen molar-refractivity contribution in [2.75, 3.05) is 39.3 Å². The van der Waals surface area contributed by atoms with Crippen LogP contribution in [0.1, 0.15) is 21.7 Å². The van der Waals surface area contributed by atoms with E-state index in [1.54, 1.807) is 0 Å². The predicted molar refractivity (Wildman–Crippen MR) is 104 cm³/mol. The lowest BCUT2D eigenvalue weighted by Crippen LogP contribution is -2.47. The Bertz CT molecular complexity index is 689. The van der Waals surface area contributed by atoms with Gasteiger partial charge in [0.2, 0.25) is 5.91 Å². The molecule has 2 aliphatic rings. The van der Waals surface area contributed by atoms with Crippen LogP contribution in [0.15, 0.2) is 29.0 Å². The number of fused-ring (bicyclic) bond motifs is 1. The molecule has 2 aliphatic heterocycles. The fourth-order valence-electron chi connectivity index (χ4n) is 3.67. The van der Waals surface area contributed by atoms with Crippen molar-refractivity contribution in [3.05, 3.63) is 44.3 Å². The van der Waals surface area contributed by atoms with Crippen LogP contribution >= 0.6 is 22.7 Å². The Morgan fingerprint density at radius 1 is 1.00 bits per heavy atom. The summed E-state index contributed by atoms with van der Waals surface area (Å²) in [6.45, 7) is 8.04. The van der Waals surface area contributed by atoms with E-state index in [0.29, 0.717) is 12.3 Å². The zero-order chi connectivity index (χ0) is 17.1. The minimum absolute atomic E-state index is 0.317. The zero-order valence-corrected chi connectivity index (χ0v) is 16.2. The van der Waals surface area contributed by atoms with Crippen LogP contribution in [0.4, 0.5) is 0 Å². The summed E-state index contributed by atoms with van der Waals surface area (Å²) in [5, 5.41) is 4.30. The molecule has 1 saturated heterocycles. The molecule has 4 nitrogen and oxygen atoms in total. The molecular formula is C19H25N3OS2. The lowest BCUT2D eigenvalue weighted by molar-refractivity contribution is -0.132. The van der Waals surface area contributed by atoms with Crippen LogP contribution in [0.2, 0.25) is 0 Å². The molecule has 2 aromatic rings. The van der Waals surface area contributed by atoms with Crippen LogP contribution in [0.25, 0.3) is 0 Å². The van der Waals surface area contributed by atoms with Gasteiger partial charge in [0.05, 0.1) is 0 Å². The van der Waals surface area contributed by atoms with Gasteiger partial charge in [-0.05, 0) is 34.9 Å². The number of thiophene rings is 2. The molecule has 2 aromatic heterocycles. The largest absolute Gasteiger partial charge is 0.338 e. The van der Waals surface area contributed by atoms with Crippen molar-refractivity contribution in [1.29, 1.82) is 0 Å². The summed E-state index contributed by atoms with van der Waals surface area (Å²) in [5.74, 6) is 0.317. The number of hydrogen-bond acceptors (Lipinski definition) is 5. The molecule has 0 aliphatic carbocycles. The smallest absolute Gasteiger partial charge is 0.224 e. The van der Waals surface area contributed by atoms with Gasteiger partial charge in [0.15, 0.2) is 0 Å². The maximum atomic E-state index is 12.5. The van der Waals surface area contributed by atoms with Gasteiger partial charge in [0.25, 0.3) is 0 Å². The highest BCUT2D eigenvalue weighted by molar-refractivity contribution is 7.10. The van der Waals surface area contributed by atoms with Crippen molar-refractivity contribution in [3.63, 3.8) is 0 Å². The van der Waals surface area contributed by atoms with E-state index in [-0.39, 0.29) is 0 Å². The summed E-state index contributed by atoms with van der Waals surface area (Å²) in [6.07, 6.45) is 1.69. The fourth-order valence-corrected chi connectivity index (χ4v) is 5.30. The summed E-state index contributed by atoms with van der Waals surface area (Å²) < 4.78 is 0. The van der Waals surface area contributed by atoms with E-state index in [2.05, 4.69) is 38.8 Å². The normalized spacial score (nSPS) is 19.1. The van der Waals surface area contributed by atoms with Crippen molar-refractivity contribution in [1.82, 2.24) is 14.7 Å². The molecule has 0 atom stereocenters. The molecule has 0 bridgehead atoms. The third-order valence-electron chi connectivity index (χ3n) is 5.23. The Morgan fingerprint density at radius 2 is 1.84 bits per heavy atom. The van der Waals surface area contributed by atoms with Crippen molar-refractivity contribution in [2.24, 2.45) is 0 Å². The molecule has 6 heteroatoms. The second kappa shape index (κ2) is 7.99. The van der Waals surface area contributed by atoms with Gasteiger partial charge in [-0.1, -0.05) is 6.07 Å². The van der Waals surface area contributed by atoms with Gasteiger partial charge in [-0.15, -0.1) is 22.7 Å². The molecule has 4 rings (SSSR count). The molecule has 0 saturated carbocycles. The Labute approximate surface area is 157 Å². The third kappa shape index (κ3) is 4.31. The van der Waals surface area contributed by atoms with Gasteiger partial charge in [0.1, 0.15) is 0 Å². The summed E-state index contributed by atoms with van der Waals surface area (Å²) >= 11 is 3.66. The molecule has 0 aromatic carbocycles. The summed E-state index contributed by atoms with van der Waals surface area (Å²) in [7, 11) is 0. The maximum Gasteiger partial charge on any atom is 0.224 e. The van der Waals surface area contributed by atoms with Crippen LogP contribution < -0.4 is 0 Å². The van der Waals surface area contributed by atoms with E-state index in [1.807, 2.05) is 27.6 Å².